The van der Waals surface area contributed by atoms with Gasteiger partial charge in [-0.3, -0.25) is 0 Å². The number of thiazole rings is 1. The first-order valence-electron chi connectivity index (χ1n) is 9.28. The van der Waals surface area contributed by atoms with Gasteiger partial charge in [-0.1, -0.05) is 41.7 Å². The van der Waals surface area contributed by atoms with E-state index in [1.165, 1.54) is 11.3 Å². The number of aryl methyl sites for hydroxylation is 2. The molecule has 0 spiro atoms. The first-order valence-corrected chi connectivity index (χ1v) is 9.60. The Labute approximate surface area is 164 Å². The van der Waals surface area contributed by atoms with Crippen LogP contribution in [0.15, 0.2) is 36.5 Å². The first kappa shape index (κ1) is 18.0. The van der Waals surface area contributed by atoms with Crippen LogP contribution in [0.5, 0.6) is 0 Å². The molecule has 0 aliphatic rings. The Kier molecular flexibility index (Phi) is 5.42. The third kappa shape index (κ3) is 4.00. The standard InChI is InChI=1S/C20H25N4O2S/c1-13-17(9-10-25)27-20(18(26)15-7-5-4-6-8-15)24(13)12-16-11-23(3)14(2)22-19(16)21/h4-8,11,18,21,25-26H,9-10,12H2,1-3H3/q+1/p+1/i18D. The van der Waals surface area contributed by atoms with Crippen molar-refractivity contribution in [1.82, 2.24) is 4.98 Å². The Hall–Kier alpha value is -2.35. The van der Waals surface area contributed by atoms with Crippen LogP contribution in [0.1, 0.15) is 40.0 Å². The highest BCUT2D eigenvalue weighted by molar-refractivity contribution is 7.11. The molecule has 1 atom stereocenters. The maximum atomic E-state index is 11.1. The average molecular weight is 388 g/mol. The lowest BCUT2D eigenvalue weighted by molar-refractivity contribution is -0.705. The number of aromatic nitrogens is 3. The zero-order valence-electron chi connectivity index (χ0n) is 16.8. The van der Waals surface area contributed by atoms with Gasteiger partial charge in [-0.15, -0.1) is 0 Å². The largest absolute Gasteiger partial charge is 0.396 e. The minimum atomic E-state index is -1.92. The van der Waals surface area contributed by atoms with Gasteiger partial charge in [0.1, 0.15) is 11.8 Å². The molecule has 4 N–H and O–H groups in total. The number of rotatable bonds is 6. The van der Waals surface area contributed by atoms with E-state index in [1.807, 2.05) is 42.3 Å². The van der Waals surface area contributed by atoms with Crippen LogP contribution in [0.4, 0.5) is 5.82 Å². The van der Waals surface area contributed by atoms with Crippen LogP contribution in [0, 0.1) is 13.8 Å². The van der Waals surface area contributed by atoms with Crippen LogP contribution in [0.2, 0.25) is 0 Å². The lowest BCUT2D eigenvalue weighted by Crippen LogP contribution is -2.43. The van der Waals surface area contributed by atoms with E-state index < -0.39 is 6.08 Å². The fourth-order valence-electron chi connectivity index (χ4n) is 2.98. The van der Waals surface area contributed by atoms with Gasteiger partial charge < -0.3 is 15.9 Å². The third-order valence-corrected chi connectivity index (χ3v) is 6.01. The maximum Gasteiger partial charge on any atom is 0.297 e. The SMILES string of the molecule is [2H]C(O)(c1ccccc1)c1sc(CCO)c(C)[n+]1Cc1c[n+](C)c(C)nc1N. The van der Waals surface area contributed by atoms with Crippen LogP contribution in [0.3, 0.4) is 0 Å². The van der Waals surface area contributed by atoms with Gasteiger partial charge in [0.25, 0.3) is 16.6 Å². The van der Waals surface area contributed by atoms with Crippen molar-refractivity contribution in [2.45, 2.75) is 32.9 Å². The van der Waals surface area contributed by atoms with Crippen LogP contribution in [0.25, 0.3) is 0 Å². The van der Waals surface area contributed by atoms with Crippen molar-refractivity contribution < 1.29 is 20.7 Å². The number of benzene rings is 1. The van der Waals surface area contributed by atoms with Crippen molar-refractivity contribution in [2.24, 2.45) is 7.05 Å². The van der Waals surface area contributed by atoms with Crippen molar-refractivity contribution >= 4 is 17.2 Å². The number of nitrogens with zero attached hydrogens (tertiary/aromatic N) is 3. The van der Waals surface area contributed by atoms with Crippen molar-refractivity contribution in [1.29, 1.82) is 0 Å². The zero-order chi connectivity index (χ0) is 20.5. The summed E-state index contributed by atoms with van der Waals surface area (Å²) in [4.78, 5) is 5.31. The van der Waals surface area contributed by atoms with E-state index in [-0.39, 0.29) is 6.61 Å². The van der Waals surface area contributed by atoms with Gasteiger partial charge >= 0.3 is 0 Å². The maximum absolute atomic E-state index is 11.1. The van der Waals surface area contributed by atoms with Crippen LogP contribution in [-0.2, 0) is 20.0 Å². The molecule has 3 aromatic rings. The number of anilines is 1. The summed E-state index contributed by atoms with van der Waals surface area (Å²) >= 11 is 1.34. The second-order valence-electron chi connectivity index (χ2n) is 6.50. The molecule has 1 unspecified atom stereocenters. The summed E-state index contributed by atoms with van der Waals surface area (Å²) in [7, 11) is 1.90. The van der Waals surface area contributed by atoms with Gasteiger partial charge in [0, 0.05) is 26.9 Å². The van der Waals surface area contributed by atoms with Gasteiger partial charge in [-0.25, -0.2) is 4.57 Å². The summed E-state index contributed by atoms with van der Waals surface area (Å²) < 4.78 is 12.5. The van der Waals surface area contributed by atoms with E-state index in [0.29, 0.717) is 29.4 Å². The summed E-state index contributed by atoms with van der Waals surface area (Å²) in [5, 5.41) is 21.0. The molecule has 0 aliphatic heterocycles. The zero-order valence-corrected chi connectivity index (χ0v) is 16.6. The Morgan fingerprint density at radius 2 is 2.00 bits per heavy atom. The molecule has 27 heavy (non-hydrogen) atoms. The highest BCUT2D eigenvalue weighted by Crippen LogP contribution is 2.28. The molecule has 0 saturated heterocycles. The van der Waals surface area contributed by atoms with Crippen LogP contribution >= 0.6 is 11.3 Å². The second kappa shape index (κ2) is 8.12. The smallest absolute Gasteiger partial charge is 0.297 e. The van der Waals surface area contributed by atoms with Gasteiger partial charge in [0.05, 0.1) is 13.3 Å². The fraction of sp³-hybridized carbons (Fsp3) is 0.350. The predicted molar refractivity (Wildman–Crippen MR) is 104 cm³/mol. The molecule has 0 aliphatic carbocycles. The fourth-order valence-corrected chi connectivity index (χ4v) is 4.19. The number of nitrogens with two attached hydrogens (primary N) is 1. The summed E-state index contributed by atoms with van der Waals surface area (Å²) in [5.41, 5.74) is 8.33. The summed E-state index contributed by atoms with van der Waals surface area (Å²) in [6.45, 7) is 4.20. The highest BCUT2D eigenvalue weighted by atomic mass is 32.1. The number of hydrogen-bond acceptors (Lipinski definition) is 5. The molecule has 6 nitrogen and oxygen atoms in total. The van der Waals surface area contributed by atoms with E-state index >= 15 is 0 Å². The molecule has 0 amide bonds. The van der Waals surface area contributed by atoms with Crippen molar-refractivity contribution in [3.8, 4) is 0 Å². The molecule has 2 heterocycles. The van der Waals surface area contributed by atoms with E-state index in [4.69, 9.17) is 7.10 Å². The lowest BCUT2D eigenvalue weighted by Gasteiger charge is -2.08. The van der Waals surface area contributed by atoms with Gasteiger partial charge in [0.15, 0.2) is 18.3 Å². The lowest BCUT2D eigenvalue weighted by atomic mass is 10.1. The molecule has 142 valence electrons. The summed E-state index contributed by atoms with van der Waals surface area (Å²) in [5.74, 6) is 1.23. The molecule has 2 aromatic heterocycles. The Bertz CT molecular complexity index is 990. The number of hydrogen-bond donors (Lipinski definition) is 3. The Morgan fingerprint density at radius 1 is 1.30 bits per heavy atom. The van der Waals surface area contributed by atoms with E-state index in [2.05, 4.69) is 4.98 Å². The number of aliphatic hydroxyl groups is 2. The topological polar surface area (TPSA) is 87.1 Å². The third-order valence-electron chi connectivity index (χ3n) is 4.66. The van der Waals surface area contributed by atoms with Gasteiger partial charge in [0.2, 0.25) is 0 Å². The number of nitrogen functional groups attached to an aromatic ring is 1. The van der Waals surface area contributed by atoms with E-state index in [0.717, 1.165) is 22.0 Å². The van der Waals surface area contributed by atoms with Gasteiger partial charge in [-0.05, 0) is 10.5 Å². The highest BCUT2D eigenvalue weighted by Gasteiger charge is 2.31. The summed E-state index contributed by atoms with van der Waals surface area (Å²) in [6.07, 6.45) is 0.471. The minimum absolute atomic E-state index is 0.00570. The minimum Gasteiger partial charge on any atom is -0.396 e. The predicted octanol–water partition coefficient (Wildman–Crippen LogP) is 1.12. The molecule has 3 rings (SSSR count). The molecule has 0 bridgehead atoms. The average Bonchev–Trinajstić information content (AvgIpc) is 2.97. The molecule has 0 radical (unpaired) electrons. The van der Waals surface area contributed by atoms with Crippen LogP contribution in [-0.4, -0.2) is 21.8 Å². The molecular weight excluding hydrogens is 360 g/mol. The normalized spacial score (nSPS) is 14.0. The monoisotopic (exact) mass is 387 g/mol. The second-order valence-corrected chi connectivity index (χ2v) is 7.58. The molecule has 1 aromatic carbocycles. The van der Waals surface area contributed by atoms with Crippen molar-refractivity contribution in [2.75, 3.05) is 12.3 Å². The number of aliphatic hydroxyl groups excluding tert-OH is 1. The summed E-state index contributed by atoms with van der Waals surface area (Å²) in [6, 6.07) is 8.93. The molecular formula is C20H26N4O2S+2. The van der Waals surface area contributed by atoms with Crippen molar-refractivity contribution in [3.05, 3.63) is 69.1 Å². The van der Waals surface area contributed by atoms with E-state index in [9.17, 15) is 10.2 Å². The first-order chi connectivity index (χ1) is 13.3. The molecule has 0 saturated carbocycles. The molecule has 7 heteroatoms. The van der Waals surface area contributed by atoms with Crippen LogP contribution < -0.4 is 14.9 Å². The van der Waals surface area contributed by atoms with Crippen molar-refractivity contribution in [3.63, 3.8) is 0 Å². The molecule has 0 fully saturated rings. The Morgan fingerprint density at radius 3 is 2.67 bits per heavy atom. The quantitative estimate of drug-likeness (QED) is 0.553. The Balaban J connectivity index is 2.14. The van der Waals surface area contributed by atoms with E-state index in [1.54, 1.807) is 24.3 Å². The van der Waals surface area contributed by atoms with Gasteiger partial charge in [-0.2, -0.15) is 4.57 Å².